The molecule has 2 unspecified atom stereocenters. The maximum atomic E-state index is 2.42. The van der Waals surface area contributed by atoms with Crippen LogP contribution < -0.4 is 0 Å². The Balaban J connectivity index is 0.000000141. The lowest BCUT2D eigenvalue weighted by Crippen LogP contribution is -2.21. The van der Waals surface area contributed by atoms with Crippen LogP contribution in [0.5, 0.6) is 0 Å². The molecule has 2 atom stereocenters. The van der Waals surface area contributed by atoms with Gasteiger partial charge in [-0.3, -0.25) is 0 Å². The van der Waals surface area contributed by atoms with Crippen molar-refractivity contribution in [3.63, 3.8) is 0 Å². The molecule has 0 spiro atoms. The summed E-state index contributed by atoms with van der Waals surface area (Å²) < 4.78 is 0. The zero-order chi connectivity index (χ0) is 16.6. The standard InChI is InChI=1S/C13H12.C11H18.H2/c1-11-7-9-13(10-8-11)12-5-3-2-4-6-12;1-2-11-6-8-3-9(7-11)5-10(11)4-8;/h2-10H,1H3;8-10H,2-7H2,1H3;1H. The predicted molar refractivity (Wildman–Crippen MR) is 105 cm³/mol. The number of rotatable bonds is 2. The molecule has 0 radical (unpaired) electrons. The first kappa shape index (κ1) is 15.9. The van der Waals surface area contributed by atoms with Crippen molar-refractivity contribution in [2.24, 2.45) is 23.2 Å². The number of benzene rings is 2. The third kappa shape index (κ3) is 2.92. The Hall–Kier alpha value is -1.56. The van der Waals surface area contributed by atoms with Crippen molar-refractivity contribution in [2.75, 3.05) is 0 Å². The quantitative estimate of drug-likeness (QED) is 0.552. The highest BCUT2D eigenvalue weighted by Crippen LogP contribution is 2.66. The van der Waals surface area contributed by atoms with E-state index in [1.54, 1.807) is 32.1 Å². The van der Waals surface area contributed by atoms with E-state index in [1.165, 1.54) is 23.1 Å². The average Bonchev–Trinajstić information content (AvgIpc) is 3.01. The molecule has 0 nitrogen and oxygen atoms in total. The summed E-state index contributed by atoms with van der Waals surface area (Å²) in [4.78, 5) is 0. The van der Waals surface area contributed by atoms with E-state index in [9.17, 15) is 0 Å². The van der Waals surface area contributed by atoms with Crippen LogP contribution >= 0.6 is 0 Å². The minimum absolute atomic E-state index is 0. The third-order valence-corrected chi connectivity index (χ3v) is 7.02. The molecule has 4 aliphatic carbocycles. The molecule has 6 rings (SSSR count). The minimum Gasteiger partial charge on any atom is -0.0648 e. The molecule has 2 aromatic carbocycles. The van der Waals surface area contributed by atoms with Gasteiger partial charge in [0.05, 0.1) is 0 Å². The van der Waals surface area contributed by atoms with Crippen LogP contribution in [0.2, 0.25) is 0 Å². The average molecular weight is 321 g/mol. The van der Waals surface area contributed by atoms with Crippen LogP contribution in [0.3, 0.4) is 0 Å². The van der Waals surface area contributed by atoms with Crippen molar-refractivity contribution in [3.8, 4) is 11.1 Å². The Labute approximate surface area is 148 Å². The van der Waals surface area contributed by atoms with Gasteiger partial charge in [0.2, 0.25) is 0 Å². The van der Waals surface area contributed by atoms with E-state index in [2.05, 4.69) is 62.4 Å². The summed E-state index contributed by atoms with van der Waals surface area (Å²) >= 11 is 0. The van der Waals surface area contributed by atoms with Crippen LogP contribution in [0.4, 0.5) is 0 Å². The maximum absolute atomic E-state index is 2.42. The van der Waals surface area contributed by atoms with Crippen LogP contribution in [0.25, 0.3) is 11.1 Å². The summed E-state index contributed by atoms with van der Waals surface area (Å²) in [6.07, 6.45) is 9.48. The zero-order valence-electron chi connectivity index (χ0n) is 15.2. The minimum atomic E-state index is 0. The van der Waals surface area contributed by atoms with Crippen molar-refractivity contribution >= 4 is 0 Å². The molecule has 128 valence electrons. The Bertz CT molecular complexity index is 659. The highest BCUT2D eigenvalue weighted by atomic mass is 14.6. The fourth-order valence-corrected chi connectivity index (χ4v) is 5.92. The van der Waals surface area contributed by atoms with Gasteiger partial charge in [-0.25, -0.2) is 0 Å². The van der Waals surface area contributed by atoms with Gasteiger partial charge >= 0.3 is 0 Å². The van der Waals surface area contributed by atoms with Gasteiger partial charge in [0.15, 0.2) is 0 Å². The zero-order valence-corrected chi connectivity index (χ0v) is 15.2. The molecule has 0 heterocycles. The smallest absolute Gasteiger partial charge is 0 e. The Kier molecular flexibility index (Phi) is 4.24. The van der Waals surface area contributed by atoms with E-state index in [0.29, 0.717) is 0 Å². The van der Waals surface area contributed by atoms with Crippen molar-refractivity contribution in [1.29, 1.82) is 0 Å². The second-order valence-electron chi connectivity index (χ2n) is 8.49. The van der Waals surface area contributed by atoms with E-state index in [0.717, 1.165) is 23.2 Å². The van der Waals surface area contributed by atoms with Gasteiger partial charge in [0.1, 0.15) is 0 Å². The molecule has 0 saturated heterocycles. The van der Waals surface area contributed by atoms with Gasteiger partial charge < -0.3 is 0 Å². The summed E-state index contributed by atoms with van der Waals surface area (Å²) in [5, 5.41) is 0. The predicted octanol–water partition coefficient (Wildman–Crippen LogP) is 7.13. The van der Waals surface area contributed by atoms with Gasteiger partial charge in [0, 0.05) is 1.43 Å². The molecule has 4 aliphatic rings. The molecular formula is C24H32. The summed E-state index contributed by atoms with van der Waals surface area (Å²) in [6, 6.07) is 19.0. The van der Waals surface area contributed by atoms with Crippen LogP contribution in [-0.4, -0.2) is 0 Å². The molecule has 2 aromatic rings. The number of aryl methyl sites for hydroxylation is 1. The van der Waals surface area contributed by atoms with Gasteiger partial charge in [-0.2, -0.15) is 0 Å². The number of hydrogen-bond donors (Lipinski definition) is 0. The summed E-state index contributed by atoms with van der Waals surface area (Å²) in [6.45, 7) is 4.53. The van der Waals surface area contributed by atoms with Crippen LogP contribution in [0.15, 0.2) is 54.6 Å². The molecule has 24 heavy (non-hydrogen) atoms. The Morgan fingerprint density at radius 1 is 0.833 bits per heavy atom. The monoisotopic (exact) mass is 320 g/mol. The van der Waals surface area contributed by atoms with Crippen LogP contribution in [0.1, 0.15) is 52.4 Å². The van der Waals surface area contributed by atoms with Gasteiger partial charge in [-0.05, 0) is 73.3 Å². The topological polar surface area (TPSA) is 0 Å². The van der Waals surface area contributed by atoms with Crippen molar-refractivity contribution in [1.82, 2.24) is 0 Å². The van der Waals surface area contributed by atoms with Gasteiger partial charge in [0.25, 0.3) is 0 Å². The summed E-state index contributed by atoms with van der Waals surface area (Å²) in [5.41, 5.74) is 4.74. The fraction of sp³-hybridized carbons (Fsp3) is 0.500. The van der Waals surface area contributed by atoms with E-state index in [1.807, 2.05) is 6.07 Å². The molecule has 4 bridgehead atoms. The fourth-order valence-electron chi connectivity index (χ4n) is 5.92. The maximum Gasteiger partial charge on any atom is 0 e. The highest BCUT2D eigenvalue weighted by molar-refractivity contribution is 5.63. The molecule has 0 heteroatoms. The molecule has 0 N–H and O–H groups in total. The first-order valence-corrected chi connectivity index (χ1v) is 9.80. The van der Waals surface area contributed by atoms with E-state index >= 15 is 0 Å². The van der Waals surface area contributed by atoms with E-state index < -0.39 is 0 Å². The summed E-state index contributed by atoms with van der Waals surface area (Å²) in [5.74, 6) is 3.48. The third-order valence-electron chi connectivity index (χ3n) is 7.02. The SMILES string of the molecule is CCC12CC3CC(CC1C3)C2.Cc1ccc(-c2ccccc2)cc1.[HH]. The number of hydrogen-bond acceptors (Lipinski definition) is 0. The molecule has 0 aromatic heterocycles. The van der Waals surface area contributed by atoms with Crippen molar-refractivity contribution in [2.45, 2.75) is 52.4 Å². The van der Waals surface area contributed by atoms with Crippen molar-refractivity contribution in [3.05, 3.63) is 60.2 Å². The first-order chi connectivity index (χ1) is 11.7. The Morgan fingerprint density at radius 3 is 1.96 bits per heavy atom. The molecule has 4 fully saturated rings. The lowest BCUT2D eigenvalue weighted by Gasteiger charge is -2.31. The molecule has 0 aliphatic heterocycles. The van der Waals surface area contributed by atoms with E-state index in [-0.39, 0.29) is 1.43 Å². The van der Waals surface area contributed by atoms with Crippen LogP contribution in [-0.2, 0) is 0 Å². The Morgan fingerprint density at radius 2 is 1.42 bits per heavy atom. The van der Waals surface area contributed by atoms with Gasteiger partial charge in [-0.15, -0.1) is 0 Å². The van der Waals surface area contributed by atoms with Crippen molar-refractivity contribution < 1.29 is 1.43 Å². The molecular weight excluding hydrogens is 288 g/mol. The lowest BCUT2D eigenvalue weighted by atomic mass is 9.74. The second kappa shape index (κ2) is 6.39. The molecule has 0 amide bonds. The second-order valence-corrected chi connectivity index (χ2v) is 8.49. The lowest BCUT2D eigenvalue weighted by molar-refractivity contribution is 0.193. The normalized spacial score (nSPS) is 32.5. The highest BCUT2D eigenvalue weighted by Gasteiger charge is 2.56. The first-order valence-electron chi connectivity index (χ1n) is 9.80. The summed E-state index contributed by atoms with van der Waals surface area (Å²) in [7, 11) is 0. The van der Waals surface area contributed by atoms with Gasteiger partial charge in [-0.1, -0.05) is 73.5 Å². The van der Waals surface area contributed by atoms with Crippen LogP contribution in [0, 0.1) is 30.1 Å². The van der Waals surface area contributed by atoms with E-state index in [4.69, 9.17) is 0 Å². The largest absolute Gasteiger partial charge is 0.0648 e. The molecule has 4 saturated carbocycles.